The van der Waals surface area contributed by atoms with Gasteiger partial charge in [-0.15, -0.1) is 0 Å². The molecule has 0 atom stereocenters. The zero-order valence-corrected chi connectivity index (χ0v) is 9.61. The van der Waals surface area contributed by atoms with Crippen LogP contribution in [-0.2, 0) is 6.73 Å². The molecule has 1 heterocycles. The molecule has 1 aromatic heterocycles. The Morgan fingerprint density at radius 2 is 2.25 bits per heavy atom. The number of nitrogens with zero attached hydrogens (tertiary/aromatic N) is 2. The second-order valence-corrected chi connectivity index (χ2v) is 3.89. The molecule has 16 heavy (non-hydrogen) atoms. The summed E-state index contributed by atoms with van der Waals surface area (Å²) in [5, 5.41) is 4.59. The van der Waals surface area contributed by atoms with Crippen LogP contribution in [0.3, 0.4) is 0 Å². The van der Waals surface area contributed by atoms with Crippen LogP contribution in [0.25, 0.3) is 0 Å². The van der Waals surface area contributed by atoms with Crippen LogP contribution in [0.4, 0.5) is 5.82 Å². The molecule has 0 bridgehead atoms. The lowest BCUT2D eigenvalue weighted by molar-refractivity contribution is 0.221. The maximum absolute atomic E-state index is 5.99. The topological polar surface area (TPSA) is 53.1 Å². The second kappa shape index (κ2) is 4.45. The van der Waals surface area contributed by atoms with E-state index in [2.05, 4.69) is 5.10 Å². The van der Waals surface area contributed by atoms with Crippen molar-refractivity contribution >= 4 is 17.4 Å². The number of aryl methyl sites for hydroxylation is 1. The van der Waals surface area contributed by atoms with E-state index in [4.69, 9.17) is 22.1 Å². The molecule has 0 aliphatic heterocycles. The van der Waals surface area contributed by atoms with Gasteiger partial charge in [-0.2, -0.15) is 5.10 Å². The van der Waals surface area contributed by atoms with Gasteiger partial charge in [0.15, 0.2) is 6.73 Å². The number of benzene rings is 1. The number of hydrogen-bond acceptors (Lipinski definition) is 3. The summed E-state index contributed by atoms with van der Waals surface area (Å²) in [5.74, 6) is 1.12. The van der Waals surface area contributed by atoms with Crippen LogP contribution in [0.15, 0.2) is 30.5 Å². The molecule has 5 heteroatoms. The second-order valence-electron chi connectivity index (χ2n) is 3.49. The summed E-state index contributed by atoms with van der Waals surface area (Å²) in [6, 6.07) is 7.33. The summed E-state index contributed by atoms with van der Waals surface area (Å²) in [4.78, 5) is 0. The first-order valence-corrected chi connectivity index (χ1v) is 5.21. The van der Waals surface area contributed by atoms with E-state index in [-0.39, 0.29) is 0 Å². The van der Waals surface area contributed by atoms with Crippen LogP contribution in [0, 0.1) is 6.92 Å². The van der Waals surface area contributed by atoms with Crippen LogP contribution in [0.1, 0.15) is 5.56 Å². The molecule has 2 N–H and O–H groups in total. The molecule has 1 aromatic carbocycles. The Morgan fingerprint density at radius 3 is 2.94 bits per heavy atom. The van der Waals surface area contributed by atoms with Crippen molar-refractivity contribution in [3.05, 3.63) is 41.0 Å². The number of aromatic nitrogens is 2. The molecule has 2 aromatic rings. The van der Waals surface area contributed by atoms with E-state index in [1.54, 1.807) is 16.9 Å². The van der Waals surface area contributed by atoms with Gasteiger partial charge in [-0.25, -0.2) is 4.68 Å². The highest BCUT2D eigenvalue weighted by atomic mass is 35.5. The van der Waals surface area contributed by atoms with E-state index in [9.17, 15) is 0 Å². The molecule has 0 saturated carbocycles. The van der Waals surface area contributed by atoms with Crippen molar-refractivity contribution in [1.29, 1.82) is 0 Å². The Labute approximate surface area is 98.6 Å². The molecule has 4 nitrogen and oxygen atoms in total. The fraction of sp³-hybridized carbons (Fsp3) is 0.182. The van der Waals surface area contributed by atoms with Gasteiger partial charge in [0.2, 0.25) is 0 Å². The highest BCUT2D eigenvalue weighted by molar-refractivity contribution is 6.32. The Bertz CT molecular complexity index is 496. The zero-order chi connectivity index (χ0) is 11.5. The van der Waals surface area contributed by atoms with Gasteiger partial charge in [0, 0.05) is 12.3 Å². The summed E-state index contributed by atoms with van der Waals surface area (Å²) in [6.45, 7) is 2.27. The lowest BCUT2D eigenvalue weighted by Crippen LogP contribution is -2.06. The monoisotopic (exact) mass is 237 g/mol. The van der Waals surface area contributed by atoms with Gasteiger partial charge in [0.25, 0.3) is 0 Å². The molecule has 0 aliphatic rings. The van der Waals surface area contributed by atoms with E-state index in [0.29, 0.717) is 23.3 Å². The first kappa shape index (κ1) is 10.8. The van der Waals surface area contributed by atoms with Crippen molar-refractivity contribution in [3.63, 3.8) is 0 Å². The summed E-state index contributed by atoms with van der Waals surface area (Å²) in [5.41, 5.74) is 6.58. The molecule has 84 valence electrons. The van der Waals surface area contributed by atoms with Gasteiger partial charge in [-0.1, -0.05) is 17.7 Å². The third kappa shape index (κ3) is 2.46. The van der Waals surface area contributed by atoms with Crippen LogP contribution >= 0.6 is 11.6 Å². The van der Waals surface area contributed by atoms with Crippen LogP contribution < -0.4 is 10.5 Å². The first-order chi connectivity index (χ1) is 7.65. The number of ether oxygens (including phenoxy) is 1. The predicted molar refractivity (Wildman–Crippen MR) is 63.5 cm³/mol. The van der Waals surface area contributed by atoms with Crippen LogP contribution in [0.2, 0.25) is 5.02 Å². The normalized spacial score (nSPS) is 10.4. The van der Waals surface area contributed by atoms with Gasteiger partial charge in [0.05, 0.1) is 5.02 Å². The maximum atomic E-state index is 5.99. The number of hydrogen-bond donors (Lipinski definition) is 1. The van der Waals surface area contributed by atoms with Crippen LogP contribution in [0.5, 0.6) is 5.75 Å². The van der Waals surface area contributed by atoms with Crippen molar-refractivity contribution in [1.82, 2.24) is 9.78 Å². The number of rotatable bonds is 3. The largest absolute Gasteiger partial charge is 0.470 e. The zero-order valence-electron chi connectivity index (χ0n) is 8.85. The van der Waals surface area contributed by atoms with Gasteiger partial charge in [0.1, 0.15) is 11.6 Å². The lowest BCUT2D eigenvalue weighted by Gasteiger charge is -2.08. The molecular formula is C11H12ClN3O. The quantitative estimate of drug-likeness (QED) is 0.892. The molecule has 0 unspecified atom stereocenters. The average molecular weight is 238 g/mol. The molecule has 0 spiro atoms. The molecule has 2 rings (SSSR count). The van der Waals surface area contributed by atoms with E-state index < -0.39 is 0 Å². The summed E-state index contributed by atoms with van der Waals surface area (Å²) < 4.78 is 7.14. The fourth-order valence-electron chi connectivity index (χ4n) is 1.31. The van der Waals surface area contributed by atoms with Crippen LogP contribution in [-0.4, -0.2) is 9.78 Å². The standard InChI is InChI=1S/C11H12ClN3O/c1-8-2-3-9(12)10(6-8)16-7-15-5-4-11(13)14-15/h2-6H,7H2,1H3,(H2,13,14). The van der Waals surface area contributed by atoms with Gasteiger partial charge < -0.3 is 10.5 Å². The number of anilines is 1. The van der Waals surface area contributed by atoms with Gasteiger partial charge in [-0.3, -0.25) is 0 Å². The van der Waals surface area contributed by atoms with Gasteiger partial charge in [-0.05, 0) is 24.6 Å². The van der Waals surface area contributed by atoms with E-state index in [1.165, 1.54) is 0 Å². The molecule has 0 fully saturated rings. The minimum absolute atomic E-state index is 0.292. The molecule has 0 aliphatic carbocycles. The highest BCUT2D eigenvalue weighted by Gasteiger charge is 2.02. The Balaban J connectivity index is 2.07. The number of nitrogens with two attached hydrogens (primary N) is 1. The summed E-state index contributed by atoms with van der Waals surface area (Å²) >= 11 is 5.99. The molecule has 0 radical (unpaired) electrons. The third-order valence-corrected chi connectivity index (χ3v) is 2.41. The van der Waals surface area contributed by atoms with E-state index >= 15 is 0 Å². The molecule has 0 amide bonds. The average Bonchev–Trinajstić information content (AvgIpc) is 2.66. The minimum atomic E-state index is 0.292. The third-order valence-electron chi connectivity index (χ3n) is 2.10. The Kier molecular flexibility index (Phi) is 3.01. The summed E-state index contributed by atoms with van der Waals surface area (Å²) in [6.07, 6.45) is 1.75. The van der Waals surface area contributed by atoms with Crippen molar-refractivity contribution in [2.24, 2.45) is 0 Å². The lowest BCUT2D eigenvalue weighted by atomic mass is 10.2. The molecular weight excluding hydrogens is 226 g/mol. The van der Waals surface area contributed by atoms with Crippen molar-refractivity contribution < 1.29 is 4.74 Å². The highest BCUT2D eigenvalue weighted by Crippen LogP contribution is 2.25. The van der Waals surface area contributed by atoms with Crippen molar-refractivity contribution in [3.8, 4) is 5.75 Å². The molecule has 0 saturated heterocycles. The van der Waals surface area contributed by atoms with E-state index in [1.807, 2.05) is 25.1 Å². The van der Waals surface area contributed by atoms with E-state index in [0.717, 1.165) is 5.56 Å². The fourth-order valence-corrected chi connectivity index (χ4v) is 1.48. The smallest absolute Gasteiger partial charge is 0.181 e. The summed E-state index contributed by atoms with van der Waals surface area (Å²) in [7, 11) is 0. The Hall–Kier alpha value is -1.68. The predicted octanol–water partition coefficient (Wildman–Crippen LogP) is 2.46. The number of nitrogen functional groups attached to an aromatic ring is 1. The van der Waals surface area contributed by atoms with Crippen molar-refractivity contribution in [2.75, 3.05) is 5.73 Å². The van der Waals surface area contributed by atoms with Crippen molar-refractivity contribution in [2.45, 2.75) is 13.7 Å². The first-order valence-electron chi connectivity index (χ1n) is 4.83. The maximum Gasteiger partial charge on any atom is 0.181 e. The minimum Gasteiger partial charge on any atom is -0.470 e. The SMILES string of the molecule is Cc1ccc(Cl)c(OCn2ccc(N)n2)c1. The van der Waals surface area contributed by atoms with Gasteiger partial charge >= 0.3 is 0 Å². The Morgan fingerprint density at radius 1 is 1.44 bits per heavy atom. The number of halogens is 1.